The third kappa shape index (κ3) is 5.95. The highest BCUT2D eigenvalue weighted by Gasteiger charge is 2.37. The Morgan fingerprint density at radius 3 is 2.61 bits per heavy atom. The molecule has 7 heteroatoms. The lowest BCUT2D eigenvalue weighted by molar-refractivity contribution is 0.0194. The summed E-state index contributed by atoms with van der Waals surface area (Å²) in [5.41, 5.74) is 0.224. The van der Waals surface area contributed by atoms with Gasteiger partial charge in [-0.2, -0.15) is 0 Å². The Morgan fingerprint density at radius 2 is 1.96 bits per heavy atom. The predicted molar refractivity (Wildman–Crippen MR) is 128 cm³/mol. The first-order valence-electron chi connectivity index (χ1n) is 11.1. The molecular formula is C21H42IN5O. The zero-order valence-electron chi connectivity index (χ0n) is 18.5. The molecule has 0 aromatic heterocycles. The summed E-state index contributed by atoms with van der Waals surface area (Å²) in [7, 11) is 4.48. The lowest BCUT2D eigenvalue weighted by Gasteiger charge is -2.44. The monoisotopic (exact) mass is 507 g/mol. The summed E-state index contributed by atoms with van der Waals surface area (Å²) in [4.78, 5) is 12.7. The van der Waals surface area contributed by atoms with Gasteiger partial charge in [-0.05, 0) is 46.2 Å². The van der Waals surface area contributed by atoms with E-state index in [9.17, 15) is 0 Å². The van der Waals surface area contributed by atoms with Crippen molar-refractivity contribution in [1.29, 1.82) is 0 Å². The fraction of sp³-hybridized carbons (Fsp3) is 0.952. The average molecular weight is 508 g/mol. The van der Waals surface area contributed by atoms with E-state index >= 15 is 0 Å². The number of hydrogen-bond donors (Lipinski definition) is 1. The van der Waals surface area contributed by atoms with Gasteiger partial charge < -0.3 is 19.9 Å². The van der Waals surface area contributed by atoms with E-state index in [1.165, 1.54) is 32.1 Å². The van der Waals surface area contributed by atoms with Crippen LogP contribution in [0.4, 0.5) is 0 Å². The number of halogens is 1. The molecule has 6 nitrogen and oxygen atoms in total. The SMILES string of the molecule is CCNC(=NCC1(N(C)C)CCCC(C)C1)N1CCC(N2CCOCC2)C1.I. The van der Waals surface area contributed by atoms with Crippen LogP contribution in [0.1, 0.15) is 46.0 Å². The largest absolute Gasteiger partial charge is 0.379 e. The van der Waals surface area contributed by atoms with Crippen LogP contribution in [-0.2, 0) is 4.74 Å². The maximum Gasteiger partial charge on any atom is 0.194 e. The van der Waals surface area contributed by atoms with Crippen molar-refractivity contribution in [2.24, 2.45) is 10.9 Å². The molecule has 3 atom stereocenters. The summed E-state index contributed by atoms with van der Waals surface area (Å²) in [6, 6.07) is 0.648. The van der Waals surface area contributed by atoms with Gasteiger partial charge in [0.25, 0.3) is 0 Å². The summed E-state index contributed by atoms with van der Waals surface area (Å²) in [5.74, 6) is 1.92. The molecule has 1 saturated carbocycles. The minimum atomic E-state index is 0. The number of ether oxygens (including phenoxy) is 1. The Morgan fingerprint density at radius 1 is 1.21 bits per heavy atom. The first kappa shape index (κ1) is 24.2. The van der Waals surface area contributed by atoms with E-state index in [1.807, 2.05) is 0 Å². The van der Waals surface area contributed by atoms with E-state index in [1.54, 1.807) is 0 Å². The fourth-order valence-electron chi connectivity index (χ4n) is 5.15. The van der Waals surface area contributed by atoms with Crippen molar-refractivity contribution in [1.82, 2.24) is 20.0 Å². The number of likely N-dealkylation sites (tertiary alicyclic amines) is 1. The minimum Gasteiger partial charge on any atom is -0.379 e. The number of guanidine groups is 1. The molecule has 0 amide bonds. The molecule has 1 aliphatic carbocycles. The van der Waals surface area contributed by atoms with E-state index < -0.39 is 0 Å². The molecular weight excluding hydrogens is 465 g/mol. The molecule has 2 saturated heterocycles. The van der Waals surface area contributed by atoms with Crippen molar-refractivity contribution >= 4 is 29.9 Å². The quantitative estimate of drug-likeness (QED) is 0.352. The normalized spacial score (nSPS) is 32.5. The van der Waals surface area contributed by atoms with Gasteiger partial charge in [0.1, 0.15) is 0 Å². The van der Waals surface area contributed by atoms with Crippen LogP contribution < -0.4 is 5.32 Å². The second-order valence-corrected chi connectivity index (χ2v) is 9.03. The summed E-state index contributed by atoms with van der Waals surface area (Å²) >= 11 is 0. The highest BCUT2D eigenvalue weighted by Crippen LogP contribution is 2.36. The average Bonchev–Trinajstić information content (AvgIpc) is 3.16. The van der Waals surface area contributed by atoms with E-state index in [4.69, 9.17) is 9.73 Å². The van der Waals surface area contributed by atoms with Crippen molar-refractivity contribution in [3.05, 3.63) is 0 Å². The smallest absolute Gasteiger partial charge is 0.194 e. The van der Waals surface area contributed by atoms with Crippen LogP contribution in [0, 0.1) is 5.92 Å². The summed E-state index contributed by atoms with van der Waals surface area (Å²) in [5, 5.41) is 3.57. The Kier molecular flexibility index (Phi) is 9.76. The zero-order chi connectivity index (χ0) is 19.3. The summed E-state index contributed by atoms with van der Waals surface area (Å²) in [6.07, 6.45) is 6.46. The van der Waals surface area contributed by atoms with Crippen LogP contribution in [0.25, 0.3) is 0 Å². The number of nitrogens with one attached hydrogen (secondary N) is 1. The first-order chi connectivity index (χ1) is 13.0. The Bertz CT molecular complexity index is 497. The Labute approximate surface area is 189 Å². The third-order valence-corrected chi connectivity index (χ3v) is 6.90. The van der Waals surface area contributed by atoms with Gasteiger partial charge in [-0.3, -0.25) is 9.89 Å². The van der Waals surface area contributed by atoms with E-state index in [2.05, 4.69) is 48.0 Å². The number of likely N-dealkylation sites (N-methyl/N-ethyl adjacent to an activating group) is 1. The molecule has 3 rings (SSSR count). The maximum absolute atomic E-state index is 5.52. The molecule has 0 spiro atoms. The van der Waals surface area contributed by atoms with Gasteiger partial charge in [-0.25, -0.2) is 0 Å². The molecule has 1 N–H and O–H groups in total. The Balaban J connectivity index is 0.00000280. The van der Waals surface area contributed by atoms with E-state index in [0.717, 1.165) is 64.4 Å². The van der Waals surface area contributed by atoms with Crippen molar-refractivity contribution in [2.75, 3.05) is 66.6 Å². The van der Waals surface area contributed by atoms with Crippen LogP contribution in [0.3, 0.4) is 0 Å². The molecule has 0 aromatic rings. The topological polar surface area (TPSA) is 43.3 Å². The molecule has 2 heterocycles. The van der Waals surface area contributed by atoms with Crippen molar-refractivity contribution in [3.63, 3.8) is 0 Å². The van der Waals surface area contributed by atoms with Crippen LogP contribution >= 0.6 is 24.0 Å². The Hall–Kier alpha value is -0.120. The third-order valence-electron chi connectivity index (χ3n) is 6.90. The molecule has 0 radical (unpaired) electrons. The molecule has 164 valence electrons. The van der Waals surface area contributed by atoms with Crippen LogP contribution in [0.15, 0.2) is 4.99 Å². The van der Waals surface area contributed by atoms with E-state index in [-0.39, 0.29) is 29.5 Å². The molecule has 0 aromatic carbocycles. The zero-order valence-corrected chi connectivity index (χ0v) is 20.8. The number of hydrogen-bond acceptors (Lipinski definition) is 4. The minimum absolute atomic E-state index is 0. The maximum atomic E-state index is 5.52. The molecule has 3 unspecified atom stereocenters. The second kappa shape index (κ2) is 11.3. The van der Waals surface area contributed by atoms with Crippen LogP contribution in [-0.4, -0.2) is 98.8 Å². The number of aliphatic imine (C=N–C) groups is 1. The molecule has 0 bridgehead atoms. The second-order valence-electron chi connectivity index (χ2n) is 9.03. The van der Waals surface area contributed by atoms with E-state index in [0.29, 0.717) is 6.04 Å². The van der Waals surface area contributed by atoms with Gasteiger partial charge in [0.2, 0.25) is 0 Å². The van der Waals surface area contributed by atoms with Gasteiger partial charge in [0.05, 0.1) is 19.8 Å². The van der Waals surface area contributed by atoms with Gasteiger partial charge in [-0.1, -0.05) is 19.8 Å². The molecule has 3 aliphatic rings. The standard InChI is InChI=1S/C21H41N5O.HI/c1-5-22-20(23-17-21(24(3)4)9-6-7-18(2)15-21)26-10-8-19(16-26)25-11-13-27-14-12-25;/h18-19H,5-17H2,1-4H3,(H,22,23);1H. The molecule has 28 heavy (non-hydrogen) atoms. The molecule has 2 aliphatic heterocycles. The number of morpholine rings is 1. The summed E-state index contributed by atoms with van der Waals surface area (Å²) in [6.45, 7) is 12.5. The number of rotatable bonds is 5. The predicted octanol–water partition coefficient (Wildman–Crippen LogP) is 2.49. The number of nitrogens with zero attached hydrogens (tertiary/aromatic N) is 4. The highest BCUT2D eigenvalue weighted by molar-refractivity contribution is 14.0. The lowest BCUT2D eigenvalue weighted by atomic mass is 9.75. The van der Waals surface area contributed by atoms with Crippen molar-refractivity contribution in [2.45, 2.75) is 57.5 Å². The lowest BCUT2D eigenvalue weighted by Crippen LogP contribution is -2.51. The van der Waals surface area contributed by atoms with Gasteiger partial charge in [0, 0.05) is 44.3 Å². The van der Waals surface area contributed by atoms with Crippen molar-refractivity contribution < 1.29 is 4.74 Å². The van der Waals surface area contributed by atoms with Crippen LogP contribution in [0.5, 0.6) is 0 Å². The fourth-order valence-corrected chi connectivity index (χ4v) is 5.15. The molecule has 3 fully saturated rings. The van der Waals surface area contributed by atoms with Gasteiger partial charge >= 0.3 is 0 Å². The van der Waals surface area contributed by atoms with Crippen molar-refractivity contribution in [3.8, 4) is 0 Å². The van der Waals surface area contributed by atoms with Gasteiger partial charge in [0.15, 0.2) is 5.96 Å². The summed E-state index contributed by atoms with van der Waals surface area (Å²) < 4.78 is 5.52. The highest BCUT2D eigenvalue weighted by atomic mass is 127. The first-order valence-corrected chi connectivity index (χ1v) is 11.1. The van der Waals surface area contributed by atoms with Gasteiger partial charge in [-0.15, -0.1) is 24.0 Å². The van der Waals surface area contributed by atoms with Crippen LogP contribution in [0.2, 0.25) is 0 Å².